The van der Waals surface area contributed by atoms with Crippen LogP contribution in [0.25, 0.3) is 0 Å². The molecule has 0 aliphatic rings. The average Bonchev–Trinajstić information content (AvgIpc) is 1.66. The second-order valence-corrected chi connectivity index (χ2v) is 1.56. The predicted octanol–water partition coefficient (Wildman–Crippen LogP) is 0.726. The maximum absolute atomic E-state index is 8.52. The molecule has 0 aromatic carbocycles. The van der Waals surface area contributed by atoms with Crippen molar-refractivity contribution in [1.29, 1.82) is 0 Å². The van der Waals surface area contributed by atoms with Gasteiger partial charge in [0.15, 0.2) is 0 Å². The fourth-order valence-corrected chi connectivity index (χ4v) is 0.263. The second-order valence-electron chi connectivity index (χ2n) is 1.16. The Labute approximate surface area is 57.2 Å². The number of aliphatic hydroxyl groups excluding tert-OH is 1. The van der Waals surface area contributed by atoms with Crippen molar-refractivity contribution in [2.45, 2.75) is 13.0 Å². The number of hydrogen-bond donors (Lipinski definition) is 1. The minimum absolute atomic E-state index is 0.580. The van der Waals surface area contributed by atoms with Crippen LogP contribution in [-0.4, -0.2) is 11.2 Å². The fourth-order valence-electron chi connectivity index (χ4n) is 0.164. The van der Waals surface area contributed by atoms with Crippen LogP contribution in [-0.2, 0) is 0 Å². The average molecular weight is 173 g/mol. The van der Waals surface area contributed by atoms with Crippen LogP contribution in [0.3, 0.4) is 0 Å². The molecule has 1 nitrogen and oxygen atoms in total. The van der Waals surface area contributed by atoms with Gasteiger partial charge in [0.1, 0.15) is 6.10 Å². The van der Waals surface area contributed by atoms with E-state index in [1.165, 1.54) is 0 Å². The summed E-state index contributed by atoms with van der Waals surface area (Å²) >= 11 is 2.85. The number of hydrogen-bond acceptors (Lipinski definition) is 1. The van der Waals surface area contributed by atoms with Crippen LogP contribution in [0.5, 0.6) is 0 Å². The van der Waals surface area contributed by atoms with Gasteiger partial charge in [-0.05, 0) is 23.6 Å². The van der Waals surface area contributed by atoms with E-state index in [0.717, 1.165) is 0 Å². The van der Waals surface area contributed by atoms with Gasteiger partial charge < -0.3 is 5.11 Å². The van der Waals surface area contributed by atoms with Crippen LogP contribution in [0.15, 0.2) is 0 Å². The van der Waals surface area contributed by atoms with Gasteiger partial charge in [0.25, 0.3) is 0 Å². The summed E-state index contributed by atoms with van der Waals surface area (Å²) in [6, 6.07) is 0. The molecule has 0 aliphatic heterocycles. The lowest BCUT2D eigenvalue weighted by atomic mass is 10.4. The van der Waals surface area contributed by atoms with Gasteiger partial charge in [0, 0.05) is 15.9 Å². The first-order valence-corrected chi connectivity index (χ1v) is 2.86. The lowest BCUT2D eigenvalue weighted by molar-refractivity contribution is 0.253. The Morgan fingerprint density at radius 1 is 1.50 bits per heavy atom. The van der Waals surface area contributed by atoms with E-state index < -0.39 is 6.10 Å². The monoisotopic (exact) mass is 172 g/mol. The van der Waals surface area contributed by atoms with Crippen molar-refractivity contribution in [2.75, 3.05) is 0 Å². The summed E-state index contributed by atoms with van der Waals surface area (Å²) in [6.07, 6.45) is -0.580. The molecule has 42 valence electrons. The largest absolute Gasteiger partial charge is 0.381 e. The maximum Gasteiger partial charge on any atom is 0.112 e. The minimum atomic E-state index is -0.580. The van der Waals surface area contributed by atoms with E-state index in [-0.39, 0.29) is 0 Å². The SMILES string of the molecule is CC(O)C#CC#CBr. The van der Waals surface area contributed by atoms with Crippen LogP contribution in [0.4, 0.5) is 0 Å². The summed E-state index contributed by atoms with van der Waals surface area (Å²) in [4.78, 5) is 2.40. The van der Waals surface area contributed by atoms with Crippen molar-refractivity contribution in [1.82, 2.24) is 0 Å². The van der Waals surface area contributed by atoms with E-state index in [4.69, 9.17) is 5.11 Å². The molecular weight excluding hydrogens is 168 g/mol. The minimum Gasteiger partial charge on any atom is -0.381 e. The molecule has 0 fully saturated rings. The van der Waals surface area contributed by atoms with Crippen LogP contribution < -0.4 is 0 Å². The Hall–Kier alpha value is -0.440. The van der Waals surface area contributed by atoms with Crippen LogP contribution in [0.1, 0.15) is 6.92 Å². The highest BCUT2D eigenvalue weighted by Crippen LogP contribution is 1.71. The van der Waals surface area contributed by atoms with Crippen LogP contribution >= 0.6 is 15.9 Å². The Morgan fingerprint density at radius 2 is 2.12 bits per heavy atom. The van der Waals surface area contributed by atoms with E-state index >= 15 is 0 Å². The molecule has 0 aromatic heterocycles. The molecule has 0 bridgehead atoms. The van der Waals surface area contributed by atoms with Gasteiger partial charge in [0.05, 0.1) is 0 Å². The van der Waals surface area contributed by atoms with E-state index in [0.29, 0.717) is 0 Å². The van der Waals surface area contributed by atoms with Crippen molar-refractivity contribution in [3.63, 3.8) is 0 Å². The Morgan fingerprint density at radius 3 is 2.50 bits per heavy atom. The molecular formula is C6H5BrO. The molecule has 0 aromatic rings. The molecule has 0 amide bonds. The molecule has 0 rings (SSSR count). The summed E-state index contributed by atoms with van der Waals surface area (Å²) in [5.74, 6) is 7.30. The van der Waals surface area contributed by atoms with Crippen molar-refractivity contribution in [3.8, 4) is 22.6 Å². The molecule has 0 spiro atoms. The zero-order valence-corrected chi connectivity index (χ0v) is 5.99. The summed E-state index contributed by atoms with van der Waals surface area (Å²) in [6.45, 7) is 1.59. The first kappa shape index (κ1) is 7.56. The van der Waals surface area contributed by atoms with Crippen molar-refractivity contribution < 1.29 is 5.11 Å². The highest BCUT2D eigenvalue weighted by molar-refractivity contribution is 9.12. The molecule has 0 aliphatic carbocycles. The summed E-state index contributed by atoms with van der Waals surface area (Å²) in [5, 5.41) is 8.52. The molecule has 0 saturated heterocycles. The van der Waals surface area contributed by atoms with Gasteiger partial charge in [-0.1, -0.05) is 5.92 Å². The topological polar surface area (TPSA) is 20.2 Å². The second kappa shape index (κ2) is 4.71. The third kappa shape index (κ3) is 5.56. The highest BCUT2D eigenvalue weighted by Gasteiger charge is 1.78. The first-order chi connectivity index (χ1) is 3.77. The summed E-state index contributed by atoms with van der Waals surface area (Å²) in [5.41, 5.74) is 0. The summed E-state index contributed by atoms with van der Waals surface area (Å²) < 4.78 is 0. The highest BCUT2D eigenvalue weighted by atomic mass is 79.9. The molecule has 0 radical (unpaired) electrons. The van der Waals surface area contributed by atoms with Gasteiger partial charge in [-0.15, -0.1) is 0 Å². The van der Waals surface area contributed by atoms with Crippen molar-refractivity contribution >= 4 is 15.9 Å². The van der Waals surface area contributed by atoms with E-state index in [1.54, 1.807) is 6.92 Å². The maximum atomic E-state index is 8.52. The number of rotatable bonds is 0. The molecule has 1 N–H and O–H groups in total. The van der Waals surface area contributed by atoms with E-state index in [1.807, 2.05) is 0 Å². The van der Waals surface area contributed by atoms with Crippen LogP contribution in [0, 0.1) is 22.6 Å². The molecule has 1 atom stereocenters. The molecule has 8 heavy (non-hydrogen) atoms. The van der Waals surface area contributed by atoms with Gasteiger partial charge in [-0.3, -0.25) is 0 Å². The standard InChI is InChI=1S/C6H5BrO/c1-6(8)4-2-3-5-7/h6,8H,1H3. The molecule has 0 heterocycles. The fraction of sp³-hybridized carbons (Fsp3) is 0.333. The van der Waals surface area contributed by atoms with Gasteiger partial charge in [-0.2, -0.15) is 0 Å². The smallest absolute Gasteiger partial charge is 0.112 e. The zero-order chi connectivity index (χ0) is 6.41. The third-order valence-electron chi connectivity index (χ3n) is 0.391. The molecule has 1 unspecified atom stereocenters. The summed E-state index contributed by atoms with van der Waals surface area (Å²) in [7, 11) is 0. The lowest BCUT2D eigenvalue weighted by Gasteiger charge is -1.82. The van der Waals surface area contributed by atoms with E-state index in [9.17, 15) is 0 Å². The van der Waals surface area contributed by atoms with Gasteiger partial charge in [-0.25, -0.2) is 0 Å². The number of aliphatic hydroxyl groups is 1. The third-order valence-corrected chi connectivity index (χ3v) is 0.589. The van der Waals surface area contributed by atoms with Crippen molar-refractivity contribution in [3.05, 3.63) is 0 Å². The molecule has 0 saturated carbocycles. The zero-order valence-electron chi connectivity index (χ0n) is 4.40. The van der Waals surface area contributed by atoms with Crippen LogP contribution in [0.2, 0.25) is 0 Å². The Kier molecular flexibility index (Phi) is 4.45. The number of halogens is 1. The predicted molar refractivity (Wildman–Crippen MR) is 36.2 cm³/mol. The van der Waals surface area contributed by atoms with E-state index in [2.05, 4.69) is 38.5 Å². The molecule has 2 heteroatoms. The first-order valence-electron chi connectivity index (χ1n) is 2.06. The normalized spacial score (nSPS) is 9.88. The Balaban J connectivity index is 3.62. The van der Waals surface area contributed by atoms with Crippen molar-refractivity contribution in [2.24, 2.45) is 0 Å². The quantitative estimate of drug-likeness (QED) is 0.535. The lowest BCUT2D eigenvalue weighted by Crippen LogP contribution is -1.91. The van der Waals surface area contributed by atoms with Gasteiger partial charge >= 0.3 is 0 Å². The van der Waals surface area contributed by atoms with Gasteiger partial charge in [0.2, 0.25) is 0 Å². The Bertz CT molecular complexity index is 162.